The molecule has 2 atom stereocenters. The lowest BCUT2D eigenvalue weighted by Gasteiger charge is -2.31. The molecule has 0 bridgehead atoms. The summed E-state index contributed by atoms with van der Waals surface area (Å²) in [5.41, 5.74) is 9.34. The van der Waals surface area contributed by atoms with Gasteiger partial charge in [-0.2, -0.15) is 0 Å². The van der Waals surface area contributed by atoms with Crippen molar-refractivity contribution in [3.05, 3.63) is 89.5 Å². The highest BCUT2D eigenvalue weighted by molar-refractivity contribution is 8.93. The first-order chi connectivity index (χ1) is 17.9. The van der Waals surface area contributed by atoms with E-state index < -0.39 is 11.8 Å². The first-order valence-corrected chi connectivity index (χ1v) is 12.5. The third-order valence-electron chi connectivity index (χ3n) is 7.56. The van der Waals surface area contributed by atoms with E-state index in [1.165, 1.54) is 0 Å². The van der Waals surface area contributed by atoms with E-state index in [0.29, 0.717) is 47.6 Å². The van der Waals surface area contributed by atoms with Crippen LogP contribution in [-0.2, 0) is 16.1 Å². The van der Waals surface area contributed by atoms with Gasteiger partial charge in [-0.25, -0.2) is 0 Å². The molecule has 1 aliphatic carbocycles. The molecule has 3 aromatic carbocycles. The highest BCUT2D eigenvalue weighted by Crippen LogP contribution is 2.43. The topological polar surface area (TPSA) is 104 Å². The Morgan fingerprint density at radius 2 is 1.47 bits per heavy atom. The number of amides is 4. The van der Waals surface area contributed by atoms with E-state index in [4.69, 9.17) is 5.73 Å². The van der Waals surface area contributed by atoms with Crippen LogP contribution in [0.5, 0.6) is 0 Å². The zero-order valence-electron chi connectivity index (χ0n) is 20.6. The number of halogens is 1. The lowest BCUT2D eigenvalue weighted by Crippen LogP contribution is -2.49. The van der Waals surface area contributed by atoms with Crippen molar-refractivity contribution in [3.8, 4) is 0 Å². The molecule has 6 rings (SSSR count). The molecule has 8 nitrogen and oxygen atoms in total. The maximum atomic E-state index is 13.9. The molecule has 2 aliphatic heterocycles. The summed E-state index contributed by atoms with van der Waals surface area (Å²) < 4.78 is 0. The van der Waals surface area contributed by atoms with Crippen molar-refractivity contribution in [2.45, 2.75) is 31.8 Å². The van der Waals surface area contributed by atoms with E-state index >= 15 is 0 Å². The van der Waals surface area contributed by atoms with Gasteiger partial charge < -0.3 is 15.5 Å². The van der Waals surface area contributed by atoms with Crippen LogP contribution >= 0.6 is 17.0 Å². The molecule has 0 spiro atoms. The van der Waals surface area contributed by atoms with Gasteiger partial charge in [0, 0.05) is 11.7 Å². The predicted molar refractivity (Wildman–Crippen MR) is 149 cm³/mol. The molecule has 194 valence electrons. The third kappa shape index (κ3) is 4.16. The van der Waals surface area contributed by atoms with Crippen LogP contribution in [0.2, 0.25) is 0 Å². The summed E-state index contributed by atoms with van der Waals surface area (Å²) in [6, 6.07) is 21.0. The molecule has 2 heterocycles. The quantitative estimate of drug-likeness (QED) is 0.371. The summed E-state index contributed by atoms with van der Waals surface area (Å²) in [5, 5.41) is 0. The Bertz CT molecular complexity index is 1420. The van der Waals surface area contributed by atoms with Gasteiger partial charge in [0.05, 0.1) is 35.0 Å². The van der Waals surface area contributed by atoms with Crippen molar-refractivity contribution in [3.63, 3.8) is 0 Å². The number of hydrogen-bond donors (Lipinski definition) is 1. The minimum Gasteiger partial charge on any atom is -0.399 e. The van der Waals surface area contributed by atoms with Crippen molar-refractivity contribution >= 4 is 57.7 Å². The Labute approximate surface area is 230 Å². The second-order valence-corrected chi connectivity index (χ2v) is 9.77. The molecule has 4 amide bonds. The molecule has 1 fully saturated rings. The summed E-state index contributed by atoms with van der Waals surface area (Å²) in [6.07, 6.45) is 2.15. The van der Waals surface area contributed by atoms with Gasteiger partial charge in [-0.3, -0.25) is 24.1 Å². The van der Waals surface area contributed by atoms with E-state index in [1.807, 2.05) is 42.5 Å². The van der Waals surface area contributed by atoms with Crippen molar-refractivity contribution < 1.29 is 19.2 Å². The van der Waals surface area contributed by atoms with Gasteiger partial charge in [0.2, 0.25) is 11.8 Å². The van der Waals surface area contributed by atoms with Gasteiger partial charge >= 0.3 is 0 Å². The zero-order valence-corrected chi connectivity index (χ0v) is 22.3. The maximum absolute atomic E-state index is 13.9. The third-order valence-corrected chi connectivity index (χ3v) is 7.56. The van der Waals surface area contributed by atoms with Gasteiger partial charge in [0.15, 0.2) is 0 Å². The van der Waals surface area contributed by atoms with Crippen LogP contribution in [0.4, 0.5) is 17.1 Å². The number of fused-ring (bicyclic) bond motifs is 3. The molecular formula is C29H27BrN4O4. The Morgan fingerprint density at radius 1 is 0.816 bits per heavy atom. The summed E-state index contributed by atoms with van der Waals surface area (Å²) in [6.45, 7) is -0.0577. The maximum Gasteiger partial charge on any atom is 0.262 e. The Balaban J connectivity index is 0.00000294. The molecule has 38 heavy (non-hydrogen) atoms. The fourth-order valence-electron chi connectivity index (χ4n) is 5.88. The molecular weight excluding hydrogens is 548 g/mol. The molecule has 0 aromatic heterocycles. The molecule has 1 saturated carbocycles. The van der Waals surface area contributed by atoms with Crippen molar-refractivity contribution in [2.24, 2.45) is 5.92 Å². The number of nitrogen functional groups attached to an aromatic ring is 1. The molecule has 0 unspecified atom stereocenters. The average molecular weight is 575 g/mol. The number of nitrogens with zero attached hydrogens (tertiary/aromatic N) is 3. The van der Waals surface area contributed by atoms with Crippen LogP contribution in [-0.4, -0.2) is 41.1 Å². The molecule has 0 radical (unpaired) electrons. The lowest BCUT2D eigenvalue weighted by atomic mass is 10.0. The SMILES string of the molecule is Br.Nc1cccc(CN2C(=O)[C@H]3CCC[C@H]3N(C(=O)CN3C(=O)c4ccccc4C3=O)c3ccccc32)c1. The summed E-state index contributed by atoms with van der Waals surface area (Å²) >= 11 is 0. The summed E-state index contributed by atoms with van der Waals surface area (Å²) in [7, 11) is 0. The predicted octanol–water partition coefficient (Wildman–Crippen LogP) is 4.19. The largest absolute Gasteiger partial charge is 0.399 e. The van der Waals surface area contributed by atoms with Gasteiger partial charge in [0.1, 0.15) is 6.54 Å². The van der Waals surface area contributed by atoms with E-state index in [9.17, 15) is 19.2 Å². The van der Waals surface area contributed by atoms with Gasteiger partial charge in [-0.1, -0.05) is 42.8 Å². The zero-order chi connectivity index (χ0) is 25.7. The monoisotopic (exact) mass is 574 g/mol. The lowest BCUT2D eigenvalue weighted by molar-refractivity contribution is -0.123. The fraction of sp³-hybridized carbons (Fsp3) is 0.241. The van der Waals surface area contributed by atoms with Crippen LogP contribution in [0.15, 0.2) is 72.8 Å². The Kier molecular flexibility index (Phi) is 6.79. The summed E-state index contributed by atoms with van der Waals surface area (Å²) in [5.74, 6) is -1.73. The van der Waals surface area contributed by atoms with Crippen LogP contribution in [0.3, 0.4) is 0 Å². The Hall–Kier alpha value is -3.98. The number of nitrogens with two attached hydrogens (primary N) is 1. The highest BCUT2D eigenvalue weighted by atomic mass is 79.9. The van der Waals surface area contributed by atoms with E-state index in [0.717, 1.165) is 16.9 Å². The number of benzene rings is 3. The Morgan fingerprint density at radius 3 is 2.16 bits per heavy atom. The second-order valence-electron chi connectivity index (χ2n) is 9.77. The van der Waals surface area contributed by atoms with Crippen LogP contribution in [0, 0.1) is 5.92 Å². The number of hydrogen-bond acceptors (Lipinski definition) is 5. The second kappa shape index (κ2) is 10.1. The number of imide groups is 1. The molecule has 2 N–H and O–H groups in total. The van der Waals surface area contributed by atoms with Crippen molar-refractivity contribution in [1.29, 1.82) is 0 Å². The smallest absolute Gasteiger partial charge is 0.262 e. The van der Waals surface area contributed by atoms with Crippen molar-refractivity contribution in [2.75, 3.05) is 22.1 Å². The van der Waals surface area contributed by atoms with Crippen LogP contribution in [0.1, 0.15) is 45.5 Å². The number of anilines is 3. The van der Waals surface area contributed by atoms with Crippen LogP contribution < -0.4 is 15.5 Å². The van der Waals surface area contributed by atoms with E-state index in [-0.39, 0.29) is 47.3 Å². The normalized spacial score (nSPS) is 20.0. The molecule has 3 aliphatic rings. The fourth-order valence-corrected chi connectivity index (χ4v) is 5.88. The van der Waals surface area contributed by atoms with Gasteiger partial charge in [-0.15, -0.1) is 17.0 Å². The first kappa shape index (κ1) is 25.7. The minimum atomic E-state index is -0.473. The average Bonchev–Trinajstić information content (AvgIpc) is 3.45. The standard InChI is InChI=1S/C29H26N4O4.BrH/c30-19-8-5-7-18(15-19)16-31-24-12-3-4-13-25(24)33(23-14-6-11-22(23)29(31)37)26(34)17-32-27(35)20-9-1-2-10-21(20)28(32)36;/h1-5,7-10,12-13,15,22-23H,6,11,14,16-17,30H2;1H/t22-,23+;/m0./s1. The van der Waals surface area contributed by atoms with Crippen LogP contribution in [0.25, 0.3) is 0 Å². The van der Waals surface area contributed by atoms with Crippen molar-refractivity contribution in [1.82, 2.24) is 4.90 Å². The molecule has 3 aromatic rings. The number of carbonyl (C=O) groups is 4. The van der Waals surface area contributed by atoms with E-state index in [2.05, 4.69) is 0 Å². The van der Waals surface area contributed by atoms with E-state index in [1.54, 1.807) is 40.1 Å². The highest BCUT2D eigenvalue weighted by Gasteiger charge is 2.46. The molecule has 9 heteroatoms. The van der Waals surface area contributed by atoms with Gasteiger partial charge in [-0.05, 0) is 54.8 Å². The number of carbonyl (C=O) groups excluding carboxylic acids is 4. The number of para-hydroxylation sites is 2. The minimum absolute atomic E-state index is 0. The first-order valence-electron chi connectivity index (χ1n) is 12.5. The summed E-state index contributed by atoms with van der Waals surface area (Å²) in [4.78, 5) is 58.1. The number of rotatable bonds is 4. The van der Waals surface area contributed by atoms with Gasteiger partial charge in [0.25, 0.3) is 11.8 Å². The molecule has 0 saturated heterocycles.